The standard InChI is InChI=1S/C22H16N6O3.ClH/c1-31-13-9-24-22-25-10-15(28(22)11-13)16-17(21(30)26-20(16)29)18-14-4-2-3-12-5-7-27(19(12)14)8-6-23-18;/h2-4,6,8-11H,5,7H2,1H3,(H,26,29,30);1H. The first-order valence-corrected chi connectivity index (χ1v) is 9.77. The number of ether oxygens (including phenoxy) is 1. The third-order valence-electron chi connectivity index (χ3n) is 5.73. The molecule has 32 heavy (non-hydrogen) atoms. The van der Waals surface area contributed by atoms with Crippen LogP contribution in [0.5, 0.6) is 5.75 Å². The molecule has 10 heteroatoms. The summed E-state index contributed by atoms with van der Waals surface area (Å²) in [6.07, 6.45) is 9.25. The second kappa shape index (κ2) is 7.31. The highest BCUT2D eigenvalue weighted by molar-refractivity contribution is 6.47. The van der Waals surface area contributed by atoms with E-state index in [-0.39, 0.29) is 23.6 Å². The van der Waals surface area contributed by atoms with Crippen LogP contribution in [0, 0.1) is 0 Å². The molecule has 0 bridgehead atoms. The molecule has 0 aliphatic carbocycles. The van der Waals surface area contributed by atoms with Crippen molar-refractivity contribution in [3.8, 4) is 5.75 Å². The van der Waals surface area contributed by atoms with Gasteiger partial charge in [-0.15, -0.1) is 12.4 Å². The number of aliphatic imine (C=N–C) groups is 1. The van der Waals surface area contributed by atoms with Gasteiger partial charge in [-0.25, -0.2) is 9.97 Å². The van der Waals surface area contributed by atoms with Crippen LogP contribution in [-0.4, -0.2) is 45.5 Å². The fourth-order valence-corrected chi connectivity index (χ4v) is 4.35. The first-order valence-electron chi connectivity index (χ1n) is 9.77. The van der Waals surface area contributed by atoms with E-state index in [2.05, 4.69) is 31.2 Å². The van der Waals surface area contributed by atoms with E-state index in [1.165, 1.54) is 18.9 Å². The van der Waals surface area contributed by atoms with Gasteiger partial charge in [0, 0.05) is 24.5 Å². The number of amides is 2. The van der Waals surface area contributed by atoms with Crippen molar-refractivity contribution in [2.45, 2.75) is 6.42 Å². The molecule has 0 fully saturated rings. The number of methoxy groups -OCH3 is 1. The highest BCUT2D eigenvalue weighted by atomic mass is 35.5. The minimum absolute atomic E-state index is 0. The van der Waals surface area contributed by atoms with E-state index in [0.29, 0.717) is 22.9 Å². The van der Waals surface area contributed by atoms with Gasteiger partial charge in [-0.2, -0.15) is 0 Å². The summed E-state index contributed by atoms with van der Waals surface area (Å²) in [5.41, 5.74) is 4.37. The van der Waals surface area contributed by atoms with Crippen LogP contribution in [0.2, 0.25) is 0 Å². The van der Waals surface area contributed by atoms with Crippen LogP contribution in [-0.2, 0) is 16.0 Å². The average Bonchev–Trinajstić information content (AvgIpc) is 3.42. The van der Waals surface area contributed by atoms with E-state index in [1.54, 1.807) is 23.0 Å². The number of aromatic nitrogens is 3. The van der Waals surface area contributed by atoms with E-state index in [9.17, 15) is 9.59 Å². The molecule has 3 aliphatic rings. The first-order chi connectivity index (χ1) is 15.2. The van der Waals surface area contributed by atoms with Crippen molar-refractivity contribution in [3.05, 3.63) is 71.6 Å². The maximum Gasteiger partial charge on any atom is 0.261 e. The van der Waals surface area contributed by atoms with Crippen molar-refractivity contribution in [1.29, 1.82) is 0 Å². The van der Waals surface area contributed by atoms with Crippen molar-refractivity contribution < 1.29 is 14.3 Å². The van der Waals surface area contributed by atoms with Gasteiger partial charge in [0.15, 0.2) is 5.75 Å². The molecular weight excluding hydrogens is 432 g/mol. The molecular formula is C22H17ClN6O3. The number of halogens is 1. The third kappa shape index (κ3) is 2.75. The second-order valence-electron chi connectivity index (χ2n) is 7.37. The van der Waals surface area contributed by atoms with Gasteiger partial charge < -0.3 is 9.64 Å². The van der Waals surface area contributed by atoms with Crippen LogP contribution in [0.15, 0.2) is 59.8 Å². The number of nitrogens with zero attached hydrogens (tertiary/aromatic N) is 5. The fourth-order valence-electron chi connectivity index (χ4n) is 4.35. The summed E-state index contributed by atoms with van der Waals surface area (Å²) in [6.45, 7) is 0.849. The molecule has 6 rings (SSSR count). The Morgan fingerprint density at radius 2 is 1.91 bits per heavy atom. The van der Waals surface area contributed by atoms with E-state index < -0.39 is 11.8 Å². The normalized spacial score (nSPS) is 16.7. The summed E-state index contributed by atoms with van der Waals surface area (Å²) < 4.78 is 6.90. The Morgan fingerprint density at radius 1 is 1.09 bits per heavy atom. The zero-order valence-electron chi connectivity index (χ0n) is 16.9. The van der Waals surface area contributed by atoms with Gasteiger partial charge in [-0.05, 0) is 12.0 Å². The number of fused-ring (bicyclic) bond motifs is 1. The van der Waals surface area contributed by atoms with Crippen molar-refractivity contribution >= 4 is 47.0 Å². The number of hydrogen-bond donors (Lipinski definition) is 1. The summed E-state index contributed by atoms with van der Waals surface area (Å²) in [5, 5.41) is 2.43. The predicted octanol–water partition coefficient (Wildman–Crippen LogP) is 1.91. The highest BCUT2D eigenvalue weighted by Crippen LogP contribution is 2.37. The van der Waals surface area contributed by atoms with Gasteiger partial charge >= 0.3 is 0 Å². The SMILES string of the molecule is COc1cnc2ncc(C3=C(C4=NC=CN5CCc6cccc4c65)C(=O)NC3=O)n2c1.Cl. The number of hydrogen-bond acceptors (Lipinski definition) is 7. The lowest BCUT2D eigenvalue weighted by atomic mass is 9.94. The fraction of sp³-hybridized carbons (Fsp3) is 0.136. The Morgan fingerprint density at radius 3 is 2.75 bits per heavy atom. The van der Waals surface area contributed by atoms with E-state index in [0.717, 1.165) is 24.2 Å². The zero-order valence-corrected chi connectivity index (χ0v) is 17.7. The number of rotatable bonds is 3. The van der Waals surface area contributed by atoms with Crippen LogP contribution < -0.4 is 15.0 Å². The Hall–Kier alpha value is -3.98. The summed E-state index contributed by atoms with van der Waals surface area (Å²) in [5.74, 6) is -0.0823. The molecule has 0 saturated heterocycles. The predicted molar refractivity (Wildman–Crippen MR) is 120 cm³/mol. The Bertz CT molecular complexity index is 1400. The van der Waals surface area contributed by atoms with Crippen molar-refractivity contribution in [3.63, 3.8) is 0 Å². The lowest BCUT2D eigenvalue weighted by Gasteiger charge is -2.17. The largest absolute Gasteiger partial charge is 0.494 e. The second-order valence-corrected chi connectivity index (χ2v) is 7.37. The Labute approximate surface area is 188 Å². The summed E-state index contributed by atoms with van der Waals surface area (Å²) >= 11 is 0. The van der Waals surface area contributed by atoms with Crippen molar-refractivity contribution in [2.75, 3.05) is 18.6 Å². The molecule has 3 aromatic rings. The number of carbonyl (C=O) groups is 2. The third-order valence-corrected chi connectivity index (χ3v) is 5.73. The number of para-hydroxylation sites is 1. The van der Waals surface area contributed by atoms with Crippen LogP contribution in [0.4, 0.5) is 5.69 Å². The maximum atomic E-state index is 13.0. The monoisotopic (exact) mass is 448 g/mol. The van der Waals surface area contributed by atoms with Crippen LogP contribution in [0.1, 0.15) is 16.8 Å². The van der Waals surface area contributed by atoms with Gasteiger partial charge in [0.1, 0.15) is 0 Å². The van der Waals surface area contributed by atoms with Gasteiger partial charge in [0.05, 0.1) is 53.9 Å². The van der Waals surface area contributed by atoms with Gasteiger partial charge in [-0.3, -0.25) is 24.3 Å². The van der Waals surface area contributed by atoms with Crippen LogP contribution in [0.25, 0.3) is 11.4 Å². The molecule has 0 spiro atoms. The number of anilines is 1. The maximum absolute atomic E-state index is 13.0. The molecule has 0 unspecified atom stereocenters. The lowest BCUT2D eigenvalue weighted by Crippen LogP contribution is -2.25. The minimum Gasteiger partial charge on any atom is -0.494 e. The summed E-state index contributed by atoms with van der Waals surface area (Å²) in [4.78, 5) is 41.1. The van der Waals surface area contributed by atoms with E-state index in [4.69, 9.17) is 4.74 Å². The molecule has 2 amide bonds. The van der Waals surface area contributed by atoms with Gasteiger partial charge in [-0.1, -0.05) is 18.2 Å². The molecule has 2 aromatic heterocycles. The molecule has 160 valence electrons. The number of benzene rings is 1. The first kappa shape index (κ1) is 20.0. The van der Waals surface area contributed by atoms with Gasteiger partial charge in [0.25, 0.3) is 11.8 Å². The van der Waals surface area contributed by atoms with E-state index in [1.807, 2.05) is 18.3 Å². The smallest absolute Gasteiger partial charge is 0.261 e. The molecule has 9 nitrogen and oxygen atoms in total. The highest BCUT2D eigenvalue weighted by Gasteiger charge is 2.38. The van der Waals surface area contributed by atoms with Gasteiger partial charge in [0.2, 0.25) is 5.78 Å². The quantitative estimate of drug-likeness (QED) is 0.614. The molecule has 0 saturated carbocycles. The lowest BCUT2D eigenvalue weighted by molar-refractivity contribution is -0.123. The van der Waals surface area contributed by atoms with E-state index >= 15 is 0 Å². The zero-order chi connectivity index (χ0) is 21.1. The summed E-state index contributed by atoms with van der Waals surface area (Å²) in [6, 6.07) is 5.96. The van der Waals surface area contributed by atoms with Crippen LogP contribution >= 0.6 is 12.4 Å². The number of imide groups is 1. The molecule has 1 aromatic carbocycles. The number of imidazole rings is 1. The molecule has 0 atom stereocenters. The molecule has 5 heterocycles. The Balaban J connectivity index is 0.00000216. The average molecular weight is 449 g/mol. The molecule has 0 radical (unpaired) electrons. The van der Waals surface area contributed by atoms with Crippen molar-refractivity contribution in [1.82, 2.24) is 19.7 Å². The Kier molecular flexibility index (Phi) is 4.56. The topological polar surface area (TPSA) is 101 Å². The molecule has 3 aliphatic heterocycles. The number of nitrogens with one attached hydrogen (secondary N) is 1. The van der Waals surface area contributed by atoms with Crippen molar-refractivity contribution in [2.24, 2.45) is 4.99 Å². The minimum atomic E-state index is -0.495. The number of carbonyl (C=O) groups excluding carboxylic acids is 2. The molecule has 1 N–H and O–H groups in total. The van der Waals surface area contributed by atoms with Crippen LogP contribution in [0.3, 0.4) is 0 Å². The summed E-state index contributed by atoms with van der Waals surface area (Å²) in [7, 11) is 1.53.